The van der Waals surface area contributed by atoms with Gasteiger partial charge in [0.15, 0.2) is 16.8 Å². The molecule has 0 saturated carbocycles. The van der Waals surface area contributed by atoms with Crippen LogP contribution in [0.1, 0.15) is 11.8 Å². The SMILES string of the molecule is Cc1cc(Cl)ccc1NC(=O)C1OC2C(COP(=O)(O)OP(=O)(O)OP(=O)(O)O)OC(n3cnc4c(=S)nc(N)[nH]c43)C2O1. The van der Waals surface area contributed by atoms with E-state index in [0.717, 1.165) is 0 Å². The number of phosphoric acid groups is 3. The highest BCUT2D eigenvalue weighted by Gasteiger charge is 2.56. The molecule has 2 aromatic heterocycles. The van der Waals surface area contributed by atoms with Crippen LogP contribution in [-0.4, -0.2) is 76.2 Å². The molecule has 0 radical (unpaired) electrons. The molecule has 8 N–H and O–H groups in total. The highest BCUT2D eigenvalue weighted by Crippen LogP contribution is 2.66. The molecule has 2 saturated heterocycles. The van der Waals surface area contributed by atoms with E-state index < -0.39 is 66.8 Å². The lowest BCUT2D eigenvalue weighted by atomic mass is 10.1. The summed E-state index contributed by atoms with van der Waals surface area (Å²) in [5.74, 6) is -0.777. The number of nitrogens with zero attached hydrogens (tertiary/aromatic N) is 3. The number of rotatable bonds is 10. The number of fused-ring (bicyclic) bond motifs is 2. The van der Waals surface area contributed by atoms with Crippen molar-refractivity contribution in [3.63, 3.8) is 0 Å². The van der Waals surface area contributed by atoms with Crippen molar-refractivity contribution in [1.82, 2.24) is 19.5 Å². The second-order valence-corrected chi connectivity index (χ2v) is 14.5. The molecule has 7 unspecified atom stereocenters. The van der Waals surface area contributed by atoms with Gasteiger partial charge < -0.3 is 49.8 Å². The van der Waals surface area contributed by atoms with Crippen molar-refractivity contribution in [2.75, 3.05) is 17.7 Å². The summed E-state index contributed by atoms with van der Waals surface area (Å²) in [6, 6.07) is 4.76. The molecule has 1 amide bonds. The lowest BCUT2D eigenvalue weighted by Crippen LogP contribution is -2.34. The van der Waals surface area contributed by atoms with Gasteiger partial charge >= 0.3 is 23.5 Å². The number of aryl methyl sites for hydroxylation is 1. The Morgan fingerprint density at radius 3 is 2.55 bits per heavy atom. The average Bonchev–Trinajstić information content (AvgIpc) is 3.56. The average molecular weight is 719 g/mol. The number of nitrogen functional groups attached to an aromatic ring is 1. The predicted molar refractivity (Wildman–Crippen MR) is 149 cm³/mol. The Morgan fingerprint density at radius 2 is 1.86 bits per heavy atom. The minimum Gasteiger partial charge on any atom is -0.369 e. The number of aromatic nitrogens is 4. The second kappa shape index (κ2) is 12.2. The zero-order valence-corrected chi connectivity index (χ0v) is 26.1. The van der Waals surface area contributed by atoms with Gasteiger partial charge in [-0.2, -0.15) is 8.62 Å². The molecular formula is C19H22ClN6O14P3S. The van der Waals surface area contributed by atoms with Gasteiger partial charge in [0.1, 0.15) is 29.5 Å². The highest BCUT2D eigenvalue weighted by molar-refractivity contribution is 7.71. The van der Waals surface area contributed by atoms with E-state index in [1.165, 1.54) is 10.9 Å². The van der Waals surface area contributed by atoms with Crippen LogP contribution in [0, 0.1) is 11.6 Å². The van der Waals surface area contributed by atoms with Crippen molar-refractivity contribution >= 4 is 76.0 Å². The number of hydrogen-bond acceptors (Lipinski definition) is 14. The van der Waals surface area contributed by atoms with Crippen molar-refractivity contribution in [3.8, 4) is 0 Å². The van der Waals surface area contributed by atoms with Gasteiger partial charge in [0.25, 0.3) is 5.91 Å². The molecule has 0 bridgehead atoms. The molecule has 2 aliphatic rings. The predicted octanol–water partition coefficient (Wildman–Crippen LogP) is 2.02. The first-order valence-electron chi connectivity index (χ1n) is 12.0. The number of benzene rings is 1. The Bertz CT molecular complexity index is 1820. The molecule has 25 heteroatoms. The van der Waals surface area contributed by atoms with Crippen molar-refractivity contribution in [2.45, 2.75) is 37.8 Å². The zero-order valence-electron chi connectivity index (χ0n) is 21.8. The molecule has 1 aromatic carbocycles. The molecule has 4 heterocycles. The summed E-state index contributed by atoms with van der Waals surface area (Å²) in [4.78, 5) is 60.8. The summed E-state index contributed by atoms with van der Waals surface area (Å²) in [6.07, 6.45) is -4.96. The van der Waals surface area contributed by atoms with E-state index in [9.17, 15) is 28.3 Å². The molecule has 0 spiro atoms. The van der Waals surface area contributed by atoms with E-state index in [4.69, 9.17) is 58.1 Å². The van der Waals surface area contributed by atoms with Gasteiger partial charge in [-0.25, -0.2) is 23.7 Å². The molecule has 2 aliphatic heterocycles. The number of amides is 1. The number of H-pyrrole nitrogens is 1. The van der Waals surface area contributed by atoms with Crippen LogP contribution in [0.2, 0.25) is 5.02 Å². The number of anilines is 2. The van der Waals surface area contributed by atoms with Crippen LogP contribution < -0.4 is 11.1 Å². The molecule has 0 aliphatic carbocycles. The summed E-state index contributed by atoms with van der Waals surface area (Å²) in [5.41, 5.74) is 7.33. The van der Waals surface area contributed by atoms with Gasteiger partial charge in [0, 0.05) is 10.7 Å². The first-order valence-corrected chi connectivity index (χ1v) is 17.3. The van der Waals surface area contributed by atoms with Crippen LogP contribution in [0.5, 0.6) is 0 Å². The number of aromatic amines is 1. The minimum atomic E-state index is -5.77. The molecule has 5 rings (SSSR count). The quantitative estimate of drug-likeness (QED) is 0.116. The fraction of sp³-hybridized carbons (Fsp3) is 0.368. The minimum absolute atomic E-state index is 0.0535. The first kappa shape index (κ1) is 33.2. The van der Waals surface area contributed by atoms with Crippen molar-refractivity contribution < 1.29 is 65.4 Å². The third-order valence-corrected chi connectivity index (χ3v) is 10.4. The molecule has 44 heavy (non-hydrogen) atoms. The number of carbonyl (C=O) groups excluding carboxylic acids is 1. The van der Waals surface area contributed by atoms with Gasteiger partial charge in [0.05, 0.1) is 12.9 Å². The van der Waals surface area contributed by atoms with E-state index in [0.29, 0.717) is 16.3 Å². The van der Waals surface area contributed by atoms with E-state index in [1.807, 2.05) is 0 Å². The number of carbonyl (C=O) groups is 1. The largest absolute Gasteiger partial charge is 0.490 e. The van der Waals surface area contributed by atoms with Crippen LogP contribution in [0.15, 0.2) is 24.5 Å². The topological polar surface area (TPSA) is 289 Å². The number of halogens is 1. The van der Waals surface area contributed by atoms with Crippen LogP contribution in [-0.2, 0) is 45.8 Å². The molecule has 20 nitrogen and oxygen atoms in total. The lowest BCUT2D eigenvalue weighted by Gasteiger charge is -2.22. The number of imidazole rings is 1. The third kappa shape index (κ3) is 7.45. The van der Waals surface area contributed by atoms with E-state index in [1.54, 1.807) is 25.1 Å². The van der Waals surface area contributed by atoms with E-state index in [2.05, 4.69) is 28.9 Å². The number of hydrogen-bond donors (Lipinski definition) is 7. The monoisotopic (exact) mass is 718 g/mol. The number of ether oxygens (including phenoxy) is 3. The smallest absolute Gasteiger partial charge is 0.369 e. The summed E-state index contributed by atoms with van der Waals surface area (Å²) >= 11 is 11.2. The first-order chi connectivity index (χ1) is 20.4. The Balaban J connectivity index is 1.39. The maximum atomic E-state index is 13.1. The summed E-state index contributed by atoms with van der Waals surface area (Å²) in [6.45, 7) is 0.825. The molecular weight excluding hydrogens is 697 g/mol. The van der Waals surface area contributed by atoms with Crippen molar-refractivity contribution in [1.29, 1.82) is 0 Å². The summed E-state index contributed by atoms with van der Waals surface area (Å²) in [7, 11) is -16.9. The third-order valence-electron chi connectivity index (χ3n) is 6.06. The molecule has 7 atom stereocenters. The van der Waals surface area contributed by atoms with Crippen molar-refractivity contribution in [3.05, 3.63) is 39.8 Å². The Kier molecular flexibility index (Phi) is 9.22. The molecule has 240 valence electrons. The fourth-order valence-electron chi connectivity index (χ4n) is 4.39. The van der Waals surface area contributed by atoms with Gasteiger partial charge in [-0.05, 0) is 30.7 Å². The number of nitrogens with one attached hydrogen (secondary N) is 2. The highest BCUT2D eigenvalue weighted by atomic mass is 35.5. The van der Waals surface area contributed by atoms with Crippen LogP contribution in [0.4, 0.5) is 11.6 Å². The maximum absolute atomic E-state index is 13.1. The van der Waals surface area contributed by atoms with Gasteiger partial charge in [-0.15, -0.1) is 0 Å². The number of phosphoric ester groups is 1. The van der Waals surface area contributed by atoms with Crippen LogP contribution >= 0.6 is 47.3 Å². The lowest BCUT2D eigenvalue weighted by molar-refractivity contribution is -0.166. The Hall–Kier alpha value is -2.16. The Labute approximate surface area is 255 Å². The normalized spacial score (nSPS) is 26.3. The van der Waals surface area contributed by atoms with Crippen molar-refractivity contribution in [2.24, 2.45) is 0 Å². The van der Waals surface area contributed by atoms with Crippen LogP contribution in [0.3, 0.4) is 0 Å². The van der Waals surface area contributed by atoms with Gasteiger partial charge in [-0.3, -0.25) is 13.9 Å². The summed E-state index contributed by atoms with van der Waals surface area (Å²) < 4.78 is 66.3. The van der Waals surface area contributed by atoms with E-state index >= 15 is 0 Å². The van der Waals surface area contributed by atoms with Crippen LogP contribution in [0.25, 0.3) is 11.2 Å². The van der Waals surface area contributed by atoms with Gasteiger partial charge in [-0.1, -0.05) is 23.8 Å². The second-order valence-electron chi connectivity index (χ2n) is 9.21. The van der Waals surface area contributed by atoms with Gasteiger partial charge in [0.2, 0.25) is 6.29 Å². The maximum Gasteiger partial charge on any atom is 0.490 e. The zero-order chi connectivity index (χ0) is 32.2. The fourth-order valence-corrected chi connectivity index (χ4v) is 7.90. The standard InChI is InChI=1S/C19H22ClN6O14P3S/c1-7-4-8(20)2-3-9(7)23-15(27)18-37-12-10(5-35-42(31,32)40-43(33,34)39-41(28,29)30)36-17(13(12)38-18)26-6-22-11-14(26)24-19(21)25-16(11)44/h2-4,6,10,12-13,17-18H,5H2,1H3,(H,23,27)(H,31,32)(H,33,34)(H2,28,29,30)(H3,21,24,25,44). The number of nitrogens with two attached hydrogens (primary N) is 1. The molecule has 3 aromatic rings. The van der Waals surface area contributed by atoms with E-state index in [-0.39, 0.29) is 21.8 Å². The molecule has 2 fully saturated rings. The summed E-state index contributed by atoms with van der Waals surface area (Å²) in [5, 5.41) is 3.10. The Morgan fingerprint density at radius 1 is 1.16 bits per heavy atom.